The van der Waals surface area contributed by atoms with E-state index in [1.165, 1.54) is 12.1 Å². The van der Waals surface area contributed by atoms with Gasteiger partial charge >= 0.3 is 5.88 Å². The summed E-state index contributed by atoms with van der Waals surface area (Å²) in [6.07, 6.45) is 0. The van der Waals surface area contributed by atoms with Gasteiger partial charge in [0.15, 0.2) is 23.2 Å². The first kappa shape index (κ1) is 10.7. The number of aromatic nitrogens is 2. The molecule has 4 N–H and O–H groups in total. The van der Waals surface area contributed by atoms with Crippen molar-refractivity contribution in [3.63, 3.8) is 0 Å². The number of anilines is 1. The maximum absolute atomic E-state index is 10.5. The molecule has 18 heavy (non-hydrogen) atoms. The number of nitrogens with zero attached hydrogens (tertiary/aromatic N) is 3. The Labute approximate surface area is 104 Å². The number of fused-ring (bicyclic) bond motifs is 1. The van der Waals surface area contributed by atoms with Gasteiger partial charge in [-0.2, -0.15) is 4.40 Å². The van der Waals surface area contributed by atoms with Crippen LogP contribution < -0.4 is 10.5 Å². The number of H-pyrrole nitrogens is 1. The second-order valence-electron chi connectivity index (χ2n) is 3.37. The predicted molar refractivity (Wildman–Crippen MR) is 64.9 cm³/mol. The monoisotopic (exact) mass is 266 g/mol. The Balaban J connectivity index is 2.02. The number of furan rings is 1. The molecule has 3 heterocycles. The number of nitrogens with one attached hydrogen (secondary N) is 2. The summed E-state index contributed by atoms with van der Waals surface area (Å²) < 4.78 is 11.8. The van der Waals surface area contributed by atoms with Crippen LogP contribution >= 0.6 is 12.1 Å². The van der Waals surface area contributed by atoms with Crippen molar-refractivity contribution in [1.29, 1.82) is 0 Å². The van der Waals surface area contributed by atoms with Crippen LogP contribution in [0.2, 0.25) is 0 Å². The van der Waals surface area contributed by atoms with Gasteiger partial charge in [0.1, 0.15) is 10.6 Å². The van der Waals surface area contributed by atoms with Crippen LogP contribution in [0.3, 0.4) is 0 Å². The summed E-state index contributed by atoms with van der Waals surface area (Å²) in [5, 5.41) is 10.5. The topological polar surface area (TPSA) is 135 Å². The Morgan fingerprint density at radius 1 is 1.50 bits per heavy atom. The molecule has 0 spiro atoms. The third kappa shape index (κ3) is 1.59. The van der Waals surface area contributed by atoms with E-state index < -0.39 is 4.92 Å². The molecule has 0 saturated heterocycles. The molecule has 1 aliphatic rings. The van der Waals surface area contributed by atoms with Crippen molar-refractivity contribution in [2.24, 2.45) is 10.1 Å². The lowest BCUT2D eigenvalue weighted by atomic mass is 10.4. The van der Waals surface area contributed by atoms with Gasteiger partial charge in [0.05, 0.1) is 18.2 Å². The Morgan fingerprint density at radius 2 is 2.33 bits per heavy atom. The van der Waals surface area contributed by atoms with Crippen LogP contribution in [0.25, 0.3) is 11.6 Å². The maximum Gasteiger partial charge on any atom is 0.433 e. The third-order valence-electron chi connectivity index (χ3n) is 2.25. The van der Waals surface area contributed by atoms with E-state index in [1.807, 2.05) is 0 Å². The van der Waals surface area contributed by atoms with Gasteiger partial charge in [0.2, 0.25) is 0 Å². The summed E-state index contributed by atoms with van der Waals surface area (Å²) in [7, 11) is 0. The lowest BCUT2D eigenvalue weighted by molar-refractivity contribution is -0.401. The Kier molecular flexibility index (Phi) is 2.23. The number of amidine groups is 1. The molecule has 0 aliphatic carbocycles. The summed E-state index contributed by atoms with van der Waals surface area (Å²) in [6.45, 7) is 0. The molecule has 0 radical (unpaired) electrons. The molecule has 0 aromatic carbocycles. The molecule has 2 aromatic heterocycles. The maximum atomic E-state index is 10.5. The molecule has 0 unspecified atom stereocenters. The van der Waals surface area contributed by atoms with E-state index in [4.69, 9.17) is 10.2 Å². The second-order valence-corrected chi connectivity index (χ2v) is 3.94. The summed E-state index contributed by atoms with van der Waals surface area (Å²) >= 11 is 1.06. The highest BCUT2D eigenvalue weighted by Gasteiger charge is 2.21. The van der Waals surface area contributed by atoms with E-state index in [-0.39, 0.29) is 11.6 Å². The van der Waals surface area contributed by atoms with Crippen LogP contribution in [0.15, 0.2) is 20.9 Å². The van der Waals surface area contributed by atoms with E-state index in [2.05, 4.69) is 19.1 Å². The minimum atomic E-state index is -0.615. The summed E-state index contributed by atoms with van der Waals surface area (Å²) in [4.78, 5) is 17.0. The molecule has 92 valence electrons. The van der Waals surface area contributed by atoms with Gasteiger partial charge in [0.25, 0.3) is 0 Å². The van der Waals surface area contributed by atoms with Gasteiger partial charge in [-0.15, -0.1) is 0 Å². The first-order chi connectivity index (χ1) is 8.65. The number of rotatable bonds is 2. The minimum absolute atomic E-state index is 0.260. The number of hydrogen-bond donors (Lipinski definition) is 3. The molecule has 0 fully saturated rings. The van der Waals surface area contributed by atoms with E-state index in [9.17, 15) is 10.1 Å². The van der Waals surface area contributed by atoms with Crippen LogP contribution in [0.5, 0.6) is 0 Å². The average Bonchev–Trinajstić information content (AvgIpc) is 2.95. The Bertz CT molecular complexity index is 660. The molecular formula is C8H6N6O3S. The van der Waals surface area contributed by atoms with Crippen molar-refractivity contribution in [3.05, 3.63) is 27.9 Å². The normalized spacial score (nSPS) is 13.7. The molecule has 0 atom stereocenters. The minimum Gasteiger partial charge on any atom is -0.397 e. The highest BCUT2D eigenvalue weighted by molar-refractivity contribution is 7.99. The fraction of sp³-hybridized carbons (Fsp3) is 0. The second kappa shape index (κ2) is 3.77. The van der Waals surface area contributed by atoms with Crippen molar-refractivity contribution < 1.29 is 9.34 Å². The molecule has 2 aromatic rings. The lowest BCUT2D eigenvalue weighted by Gasteiger charge is -2.06. The van der Waals surface area contributed by atoms with Gasteiger partial charge in [-0.25, -0.2) is 4.98 Å². The van der Waals surface area contributed by atoms with Gasteiger partial charge < -0.3 is 15.1 Å². The molecule has 3 rings (SSSR count). The summed E-state index contributed by atoms with van der Waals surface area (Å²) in [5.74, 6) is 1.08. The van der Waals surface area contributed by atoms with Gasteiger partial charge in [0, 0.05) is 0 Å². The number of nitro groups is 1. The summed E-state index contributed by atoms with van der Waals surface area (Å²) in [6, 6.07) is 2.72. The zero-order valence-electron chi connectivity index (χ0n) is 8.71. The van der Waals surface area contributed by atoms with Crippen molar-refractivity contribution in [1.82, 2.24) is 9.97 Å². The van der Waals surface area contributed by atoms with Crippen LogP contribution in [-0.2, 0) is 0 Å². The van der Waals surface area contributed by atoms with Crippen LogP contribution in [0.1, 0.15) is 5.69 Å². The van der Waals surface area contributed by atoms with Crippen molar-refractivity contribution in [2.45, 2.75) is 0 Å². The smallest absolute Gasteiger partial charge is 0.397 e. The quantitative estimate of drug-likeness (QED) is 0.423. The number of hydrogen-bond acceptors (Lipinski definition) is 8. The highest BCUT2D eigenvalue weighted by atomic mass is 32.2. The first-order valence-electron chi connectivity index (χ1n) is 4.75. The number of aromatic amines is 1. The molecule has 0 saturated carbocycles. The zero-order valence-corrected chi connectivity index (χ0v) is 9.52. The average molecular weight is 266 g/mol. The van der Waals surface area contributed by atoms with E-state index in [0.29, 0.717) is 23.2 Å². The predicted octanol–water partition coefficient (Wildman–Crippen LogP) is 1.27. The van der Waals surface area contributed by atoms with E-state index >= 15 is 0 Å². The van der Waals surface area contributed by atoms with E-state index in [1.54, 1.807) is 0 Å². The van der Waals surface area contributed by atoms with Crippen molar-refractivity contribution >= 4 is 29.7 Å². The van der Waals surface area contributed by atoms with Gasteiger partial charge in [-0.1, -0.05) is 0 Å². The summed E-state index contributed by atoms with van der Waals surface area (Å²) in [5.41, 5.74) is 6.20. The number of nitrogens with two attached hydrogens (primary N) is 1. The first-order valence-corrected chi connectivity index (χ1v) is 5.53. The number of imidazole rings is 1. The lowest BCUT2D eigenvalue weighted by Crippen LogP contribution is -2.17. The molecule has 9 nitrogen and oxygen atoms in total. The largest absolute Gasteiger partial charge is 0.433 e. The molecule has 1 aliphatic heterocycles. The molecule has 10 heteroatoms. The third-order valence-corrected chi connectivity index (χ3v) is 2.82. The van der Waals surface area contributed by atoms with Gasteiger partial charge in [-0.3, -0.25) is 14.8 Å². The van der Waals surface area contributed by atoms with Gasteiger partial charge in [-0.05, 0) is 6.07 Å². The van der Waals surface area contributed by atoms with Crippen LogP contribution in [0, 0.1) is 10.1 Å². The van der Waals surface area contributed by atoms with Crippen molar-refractivity contribution in [2.75, 3.05) is 4.72 Å². The van der Waals surface area contributed by atoms with Crippen LogP contribution in [-0.4, -0.2) is 20.7 Å². The fourth-order valence-corrected chi connectivity index (χ4v) is 1.93. The molecule has 0 bridgehead atoms. The Hall–Kier alpha value is -2.49. The Morgan fingerprint density at radius 3 is 3.00 bits per heavy atom. The fourth-order valence-electron chi connectivity index (χ4n) is 1.46. The standard InChI is InChI=1S/C8H6N6O3S/c9-6-5-8(13-18-12-6)11-7(10-5)3-1-2-4(17-3)14(15)16/h1-2,13H,(H2,9,12)(H,10,11). The highest BCUT2D eigenvalue weighted by Crippen LogP contribution is 2.29. The van der Waals surface area contributed by atoms with E-state index in [0.717, 1.165) is 12.1 Å². The molecule has 0 amide bonds. The SMILES string of the molecule is NC1=NSNc2nc(-c3ccc([N+](=O)[O-])o3)[nH]c21. The van der Waals surface area contributed by atoms with Crippen molar-refractivity contribution in [3.8, 4) is 11.6 Å². The zero-order chi connectivity index (χ0) is 12.7. The van der Waals surface area contributed by atoms with Crippen LogP contribution in [0.4, 0.5) is 11.7 Å². The molecular weight excluding hydrogens is 260 g/mol.